The van der Waals surface area contributed by atoms with Crippen LogP contribution >= 0.6 is 0 Å². The number of aromatic amines is 2. The van der Waals surface area contributed by atoms with Crippen LogP contribution in [0.1, 0.15) is 126 Å². The summed E-state index contributed by atoms with van der Waals surface area (Å²) >= 11 is 0. The van der Waals surface area contributed by atoms with Crippen LogP contribution in [0, 0.1) is 0 Å². The predicted molar refractivity (Wildman–Crippen MR) is 185 cm³/mol. The minimum absolute atomic E-state index is 0.125. The Kier molecular flexibility index (Phi) is 7.83. The van der Waals surface area contributed by atoms with E-state index in [1.165, 1.54) is 66.4 Å². The summed E-state index contributed by atoms with van der Waals surface area (Å²) in [7, 11) is 0. The van der Waals surface area contributed by atoms with Crippen molar-refractivity contribution in [1.29, 1.82) is 0 Å². The van der Waals surface area contributed by atoms with Gasteiger partial charge in [-0.3, -0.25) is 4.98 Å². The smallest absolute Gasteiger partial charge is 0.0768 e. The van der Waals surface area contributed by atoms with Gasteiger partial charge >= 0.3 is 0 Å². The van der Waals surface area contributed by atoms with Crippen molar-refractivity contribution >= 4 is 44.1 Å². The van der Waals surface area contributed by atoms with Gasteiger partial charge < -0.3 is 9.97 Å². The second-order valence-corrected chi connectivity index (χ2v) is 12.2. The Labute approximate surface area is 257 Å². The molecule has 0 saturated heterocycles. The molecule has 6 rings (SSSR count). The van der Waals surface area contributed by atoms with Gasteiger partial charge in [-0.25, -0.2) is 4.98 Å². The minimum atomic E-state index is -0.125. The van der Waals surface area contributed by atoms with E-state index in [4.69, 9.17) is 9.97 Å². The number of aryl methyl sites for hydroxylation is 4. The lowest BCUT2D eigenvalue weighted by Gasteiger charge is -2.27. The highest BCUT2D eigenvalue weighted by molar-refractivity contribution is 6.00. The molecule has 5 heterocycles. The Balaban J connectivity index is 1.91. The molecule has 8 bridgehead atoms. The molecular weight excluding hydrogens is 524 g/mol. The first kappa shape index (κ1) is 29.4. The van der Waals surface area contributed by atoms with Gasteiger partial charge in [-0.2, -0.15) is 0 Å². The number of benzene rings is 1. The van der Waals surface area contributed by atoms with Crippen molar-refractivity contribution in [3.05, 3.63) is 81.3 Å². The van der Waals surface area contributed by atoms with Crippen LogP contribution in [0.15, 0.2) is 36.4 Å². The van der Waals surface area contributed by atoms with E-state index in [2.05, 4.69) is 102 Å². The largest absolute Gasteiger partial charge is 0.355 e. The van der Waals surface area contributed by atoms with E-state index >= 15 is 0 Å². The highest BCUT2D eigenvalue weighted by Crippen LogP contribution is 2.46. The maximum atomic E-state index is 5.53. The van der Waals surface area contributed by atoms with Crippen LogP contribution in [-0.2, 0) is 31.1 Å². The summed E-state index contributed by atoms with van der Waals surface area (Å²) in [6.45, 7) is 18.3. The summed E-state index contributed by atoms with van der Waals surface area (Å²) in [4.78, 5) is 18.7. The molecule has 3 aromatic heterocycles. The lowest BCUT2D eigenvalue weighted by molar-refractivity contribution is 0.482. The topological polar surface area (TPSA) is 57.4 Å². The number of aromatic nitrogens is 4. The molecule has 0 fully saturated rings. The molecule has 0 atom stereocenters. The number of H-pyrrole nitrogens is 2. The van der Waals surface area contributed by atoms with Crippen molar-refractivity contribution in [1.82, 2.24) is 19.9 Å². The maximum Gasteiger partial charge on any atom is 0.0768 e. The summed E-state index contributed by atoms with van der Waals surface area (Å²) in [6.07, 6.45) is 7.87. The quantitative estimate of drug-likeness (QED) is 0.221. The van der Waals surface area contributed by atoms with Crippen LogP contribution in [0.3, 0.4) is 0 Å². The molecule has 43 heavy (non-hydrogen) atoms. The lowest BCUT2D eigenvalue weighted by Crippen LogP contribution is -2.23. The number of hydrogen-bond donors (Lipinski definition) is 2. The number of nitrogens with zero attached hydrogens (tertiary/aromatic N) is 2. The fourth-order valence-corrected chi connectivity index (χ4v) is 8.21. The van der Waals surface area contributed by atoms with E-state index < -0.39 is 0 Å². The molecule has 4 aromatic rings. The molecule has 4 nitrogen and oxygen atoms in total. The molecule has 1 aromatic carbocycles. The molecule has 0 radical (unpaired) electrons. The summed E-state index contributed by atoms with van der Waals surface area (Å²) in [6, 6.07) is 13.9. The standard InChI is InChI=1S/C39H48N4/c1-9-23-24(10-2)33-21-34-27(13-5)28(14-6)37(42-34)29-18-17-19-30-38(29)43-36(39(30,15-7)16-8)22-35-26(12-4)25(11-3)32(41-35)20-31(23)40-33/h17-22,40,42H,9-16H2,1-8H3. The number of rotatable bonds is 8. The van der Waals surface area contributed by atoms with Gasteiger partial charge in [-0.15, -0.1) is 0 Å². The molecule has 0 saturated carbocycles. The third-order valence-electron chi connectivity index (χ3n) is 10.5. The van der Waals surface area contributed by atoms with Crippen LogP contribution in [0.5, 0.6) is 0 Å². The van der Waals surface area contributed by atoms with Gasteiger partial charge in [0, 0.05) is 27.4 Å². The van der Waals surface area contributed by atoms with Crippen molar-refractivity contribution in [2.75, 3.05) is 0 Å². The van der Waals surface area contributed by atoms with E-state index in [1.54, 1.807) is 0 Å². The number of nitrogens with one attached hydrogen (secondary N) is 2. The van der Waals surface area contributed by atoms with Crippen molar-refractivity contribution in [2.45, 2.75) is 112 Å². The number of hydrogen-bond acceptors (Lipinski definition) is 2. The molecule has 0 spiro atoms. The van der Waals surface area contributed by atoms with E-state index in [-0.39, 0.29) is 5.41 Å². The molecule has 4 heteroatoms. The Morgan fingerprint density at radius 1 is 0.581 bits per heavy atom. The van der Waals surface area contributed by atoms with Crippen LogP contribution in [0.25, 0.3) is 44.1 Å². The van der Waals surface area contributed by atoms with Gasteiger partial charge in [0.15, 0.2) is 0 Å². The number of allylic oxidation sites excluding steroid dienone is 2. The Morgan fingerprint density at radius 2 is 1.14 bits per heavy atom. The molecular formula is C39H48N4. The normalized spacial score (nSPS) is 14.4. The average Bonchev–Trinajstić information content (AvgIpc) is 3.74. The van der Waals surface area contributed by atoms with Gasteiger partial charge in [0.25, 0.3) is 0 Å². The van der Waals surface area contributed by atoms with Gasteiger partial charge in [0.1, 0.15) is 0 Å². The van der Waals surface area contributed by atoms with Gasteiger partial charge in [-0.1, -0.05) is 73.6 Å². The van der Waals surface area contributed by atoms with Crippen molar-refractivity contribution in [3.63, 3.8) is 0 Å². The van der Waals surface area contributed by atoms with Crippen LogP contribution in [0.4, 0.5) is 0 Å². The highest BCUT2D eigenvalue weighted by Gasteiger charge is 2.38. The Hall–Kier alpha value is -3.66. The fourth-order valence-electron chi connectivity index (χ4n) is 8.21. The average molecular weight is 573 g/mol. The summed E-state index contributed by atoms with van der Waals surface area (Å²) in [5.74, 6) is 0. The van der Waals surface area contributed by atoms with E-state index in [9.17, 15) is 0 Å². The van der Waals surface area contributed by atoms with E-state index in [0.717, 1.165) is 74.0 Å². The van der Waals surface area contributed by atoms with Crippen molar-refractivity contribution < 1.29 is 0 Å². The van der Waals surface area contributed by atoms with Crippen molar-refractivity contribution in [3.8, 4) is 0 Å². The Morgan fingerprint density at radius 3 is 1.72 bits per heavy atom. The SMILES string of the molecule is CCC1=C(CC)c2cc3[nH]c(cc4[nH]c(c(CC)c4CC)c4cccc5c4nc(cc1n2)C5(CC)CC)c(CC)c3CC. The predicted octanol–water partition coefficient (Wildman–Crippen LogP) is 10.6. The first-order valence-electron chi connectivity index (χ1n) is 16.9. The molecule has 2 N–H and O–H groups in total. The lowest BCUT2D eigenvalue weighted by atomic mass is 9.74. The molecule has 224 valence electrons. The highest BCUT2D eigenvalue weighted by atomic mass is 14.8. The zero-order chi connectivity index (χ0) is 30.5. The summed E-state index contributed by atoms with van der Waals surface area (Å²) in [5, 5.41) is 1.22. The molecule has 0 amide bonds. The maximum absolute atomic E-state index is 5.53. The first-order valence-corrected chi connectivity index (χ1v) is 16.9. The number of para-hydroxylation sites is 1. The fraction of sp³-hybridized carbons (Fsp3) is 0.436. The van der Waals surface area contributed by atoms with E-state index in [0.29, 0.717) is 0 Å². The second kappa shape index (κ2) is 11.4. The molecule has 2 aliphatic rings. The van der Waals surface area contributed by atoms with Crippen LogP contribution in [-0.4, -0.2) is 19.9 Å². The van der Waals surface area contributed by atoms with Gasteiger partial charge in [0.2, 0.25) is 0 Å². The third-order valence-corrected chi connectivity index (χ3v) is 10.5. The first-order chi connectivity index (χ1) is 20.9. The molecule has 2 aliphatic heterocycles. The number of fused-ring (bicyclic) bond motifs is 8. The summed E-state index contributed by atoms with van der Waals surface area (Å²) < 4.78 is 0. The zero-order valence-corrected chi connectivity index (χ0v) is 27.5. The molecule has 0 unspecified atom stereocenters. The Bertz CT molecular complexity index is 1910. The molecule has 0 aliphatic carbocycles. The van der Waals surface area contributed by atoms with Crippen LogP contribution < -0.4 is 0 Å². The van der Waals surface area contributed by atoms with Crippen LogP contribution in [0.2, 0.25) is 0 Å². The minimum Gasteiger partial charge on any atom is -0.355 e. The van der Waals surface area contributed by atoms with E-state index in [1.807, 2.05) is 0 Å². The van der Waals surface area contributed by atoms with Gasteiger partial charge in [0.05, 0.1) is 28.1 Å². The monoisotopic (exact) mass is 572 g/mol. The third kappa shape index (κ3) is 4.31. The van der Waals surface area contributed by atoms with Crippen molar-refractivity contribution in [2.24, 2.45) is 0 Å². The second-order valence-electron chi connectivity index (χ2n) is 12.2. The zero-order valence-electron chi connectivity index (χ0n) is 27.5. The van der Waals surface area contributed by atoms with Gasteiger partial charge in [-0.05, 0) is 109 Å². The summed E-state index contributed by atoms with van der Waals surface area (Å²) in [5.41, 5.74) is 18.9.